The van der Waals surface area contributed by atoms with Crippen LogP contribution in [0.4, 0.5) is 0 Å². The fraction of sp³-hybridized carbons (Fsp3) is 1.00. The van der Waals surface area contributed by atoms with Gasteiger partial charge in [0.15, 0.2) is 0 Å². The topological polar surface area (TPSA) is 29.3 Å². The molecule has 2 nitrogen and oxygen atoms in total. The molecule has 0 spiro atoms. The van der Waals surface area contributed by atoms with E-state index in [0.29, 0.717) is 5.54 Å². The number of likely N-dealkylation sites (tertiary alicyclic amines) is 1. The van der Waals surface area contributed by atoms with E-state index in [1.807, 2.05) is 11.8 Å². The van der Waals surface area contributed by atoms with E-state index in [1.54, 1.807) is 0 Å². The number of thioether (sulfide) groups is 1. The van der Waals surface area contributed by atoms with Crippen molar-refractivity contribution >= 4 is 11.8 Å². The van der Waals surface area contributed by atoms with Gasteiger partial charge in [0.1, 0.15) is 0 Å². The van der Waals surface area contributed by atoms with E-state index in [-0.39, 0.29) is 0 Å². The van der Waals surface area contributed by atoms with E-state index < -0.39 is 0 Å². The minimum absolute atomic E-state index is 0.398. The van der Waals surface area contributed by atoms with Crippen molar-refractivity contribution in [1.82, 2.24) is 4.90 Å². The number of hydrogen-bond acceptors (Lipinski definition) is 3. The van der Waals surface area contributed by atoms with Crippen LogP contribution in [-0.4, -0.2) is 41.6 Å². The molecular formula is C9H18N2S. The Morgan fingerprint density at radius 1 is 1.58 bits per heavy atom. The van der Waals surface area contributed by atoms with Gasteiger partial charge in [-0.1, -0.05) is 6.92 Å². The maximum atomic E-state index is 5.84. The van der Waals surface area contributed by atoms with Crippen LogP contribution in [0, 0.1) is 5.92 Å². The Kier molecular flexibility index (Phi) is 2.36. The highest BCUT2D eigenvalue weighted by Crippen LogP contribution is 2.37. The van der Waals surface area contributed by atoms with Crippen LogP contribution < -0.4 is 5.73 Å². The third kappa shape index (κ3) is 1.28. The van der Waals surface area contributed by atoms with Crippen LogP contribution in [0.5, 0.6) is 0 Å². The van der Waals surface area contributed by atoms with Gasteiger partial charge in [-0.15, -0.1) is 0 Å². The lowest BCUT2D eigenvalue weighted by molar-refractivity contribution is 0.156. The normalized spacial score (nSPS) is 35.0. The summed E-state index contributed by atoms with van der Waals surface area (Å²) in [4.78, 5) is 2.62. The first-order valence-corrected chi connectivity index (χ1v) is 5.95. The Balaban J connectivity index is 1.98. The maximum Gasteiger partial charge on any atom is 0.0512 e. The van der Waals surface area contributed by atoms with Gasteiger partial charge in [-0.2, -0.15) is 11.8 Å². The SMILES string of the molecule is CC1CCN(C2(CN)CSC2)C1. The summed E-state index contributed by atoms with van der Waals surface area (Å²) in [5.41, 5.74) is 6.24. The summed E-state index contributed by atoms with van der Waals surface area (Å²) in [6.45, 7) is 5.75. The molecule has 0 aromatic rings. The molecule has 1 atom stereocenters. The highest BCUT2D eigenvalue weighted by Gasteiger charge is 2.43. The number of nitrogens with two attached hydrogens (primary N) is 1. The maximum absolute atomic E-state index is 5.84. The van der Waals surface area contributed by atoms with Gasteiger partial charge in [0.2, 0.25) is 0 Å². The lowest BCUT2D eigenvalue weighted by atomic mass is 10.0. The monoisotopic (exact) mass is 186 g/mol. The molecule has 1 unspecified atom stereocenters. The second-order valence-corrected chi connectivity index (χ2v) is 5.25. The summed E-state index contributed by atoms with van der Waals surface area (Å²) in [5.74, 6) is 3.41. The van der Waals surface area contributed by atoms with Gasteiger partial charge in [0.05, 0.1) is 5.54 Å². The fourth-order valence-corrected chi connectivity index (χ4v) is 3.41. The summed E-state index contributed by atoms with van der Waals surface area (Å²) in [7, 11) is 0. The number of hydrogen-bond donors (Lipinski definition) is 1. The molecule has 0 radical (unpaired) electrons. The van der Waals surface area contributed by atoms with E-state index in [0.717, 1.165) is 12.5 Å². The molecule has 2 rings (SSSR count). The van der Waals surface area contributed by atoms with Gasteiger partial charge in [-0.3, -0.25) is 4.90 Å². The van der Waals surface area contributed by atoms with Crippen molar-refractivity contribution in [3.63, 3.8) is 0 Å². The second kappa shape index (κ2) is 3.20. The van der Waals surface area contributed by atoms with E-state index in [2.05, 4.69) is 11.8 Å². The van der Waals surface area contributed by atoms with Crippen molar-refractivity contribution in [2.75, 3.05) is 31.1 Å². The van der Waals surface area contributed by atoms with Crippen molar-refractivity contribution in [3.05, 3.63) is 0 Å². The van der Waals surface area contributed by atoms with Crippen molar-refractivity contribution in [3.8, 4) is 0 Å². The standard InChI is InChI=1S/C9H18N2S/c1-8-2-3-11(4-8)9(5-10)6-12-7-9/h8H,2-7,10H2,1H3. The first-order valence-electron chi connectivity index (χ1n) is 4.80. The first-order chi connectivity index (χ1) is 5.77. The van der Waals surface area contributed by atoms with Crippen molar-refractivity contribution in [2.24, 2.45) is 11.7 Å². The largest absolute Gasteiger partial charge is 0.329 e. The Hall–Kier alpha value is 0.270. The summed E-state index contributed by atoms with van der Waals surface area (Å²) in [5, 5.41) is 0. The molecule has 3 heteroatoms. The van der Waals surface area contributed by atoms with Crippen LogP contribution in [0.2, 0.25) is 0 Å². The lowest BCUT2D eigenvalue weighted by Gasteiger charge is -2.47. The zero-order valence-corrected chi connectivity index (χ0v) is 8.57. The van der Waals surface area contributed by atoms with Gasteiger partial charge in [-0.05, 0) is 18.9 Å². The molecular weight excluding hydrogens is 168 g/mol. The smallest absolute Gasteiger partial charge is 0.0512 e. The minimum Gasteiger partial charge on any atom is -0.329 e. The molecule has 12 heavy (non-hydrogen) atoms. The third-order valence-electron chi connectivity index (χ3n) is 3.22. The molecule has 0 bridgehead atoms. The van der Waals surface area contributed by atoms with Gasteiger partial charge in [0.25, 0.3) is 0 Å². The molecule has 70 valence electrons. The first kappa shape index (κ1) is 8.85. The van der Waals surface area contributed by atoms with E-state index in [4.69, 9.17) is 5.73 Å². The Labute approximate surface area is 78.9 Å². The second-order valence-electron chi connectivity index (χ2n) is 4.26. The molecule has 2 heterocycles. The van der Waals surface area contributed by atoms with Crippen LogP contribution in [-0.2, 0) is 0 Å². The molecule has 2 aliphatic heterocycles. The molecule has 2 fully saturated rings. The lowest BCUT2D eigenvalue weighted by Crippen LogP contribution is -2.61. The highest BCUT2D eigenvalue weighted by molar-refractivity contribution is 8.00. The van der Waals surface area contributed by atoms with Crippen LogP contribution in [0.25, 0.3) is 0 Å². The highest BCUT2D eigenvalue weighted by atomic mass is 32.2. The summed E-state index contributed by atoms with van der Waals surface area (Å²) >= 11 is 2.03. The predicted molar refractivity (Wildman–Crippen MR) is 54.5 cm³/mol. The fourth-order valence-electron chi connectivity index (χ4n) is 2.13. The van der Waals surface area contributed by atoms with Gasteiger partial charge >= 0.3 is 0 Å². The van der Waals surface area contributed by atoms with Crippen LogP contribution in [0.1, 0.15) is 13.3 Å². The van der Waals surface area contributed by atoms with Crippen molar-refractivity contribution in [2.45, 2.75) is 18.9 Å². The molecule has 2 N–H and O–H groups in total. The minimum atomic E-state index is 0.398. The van der Waals surface area contributed by atoms with Crippen molar-refractivity contribution in [1.29, 1.82) is 0 Å². The van der Waals surface area contributed by atoms with Gasteiger partial charge < -0.3 is 5.73 Å². The third-order valence-corrected chi connectivity index (χ3v) is 4.70. The zero-order valence-electron chi connectivity index (χ0n) is 7.75. The molecule has 0 saturated carbocycles. The van der Waals surface area contributed by atoms with Crippen LogP contribution in [0.3, 0.4) is 0 Å². The van der Waals surface area contributed by atoms with E-state index in [9.17, 15) is 0 Å². The molecule has 0 aliphatic carbocycles. The van der Waals surface area contributed by atoms with Crippen LogP contribution in [0.15, 0.2) is 0 Å². The number of nitrogens with zero attached hydrogens (tertiary/aromatic N) is 1. The predicted octanol–water partition coefficient (Wildman–Crippen LogP) is 0.773. The Bertz CT molecular complexity index is 162. The molecule has 0 aromatic carbocycles. The quantitative estimate of drug-likeness (QED) is 0.691. The van der Waals surface area contributed by atoms with Crippen LogP contribution >= 0.6 is 11.8 Å². The summed E-state index contributed by atoms with van der Waals surface area (Å²) < 4.78 is 0. The number of rotatable bonds is 2. The average molecular weight is 186 g/mol. The molecule has 2 saturated heterocycles. The zero-order chi connectivity index (χ0) is 8.60. The van der Waals surface area contributed by atoms with E-state index >= 15 is 0 Å². The van der Waals surface area contributed by atoms with Gasteiger partial charge in [0, 0.05) is 24.6 Å². The summed E-state index contributed by atoms with van der Waals surface area (Å²) in [6, 6.07) is 0. The van der Waals surface area contributed by atoms with E-state index in [1.165, 1.54) is 31.0 Å². The Morgan fingerprint density at radius 2 is 2.33 bits per heavy atom. The average Bonchev–Trinajstić information content (AvgIpc) is 2.35. The molecule has 2 aliphatic rings. The van der Waals surface area contributed by atoms with Gasteiger partial charge in [-0.25, -0.2) is 0 Å². The molecule has 0 amide bonds. The molecule has 0 aromatic heterocycles. The summed E-state index contributed by atoms with van der Waals surface area (Å²) in [6.07, 6.45) is 1.37. The Morgan fingerprint density at radius 3 is 2.67 bits per heavy atom. The van der Waals surface area contributed by atoms with Crippen molar-refractivity contribution < 1.29 is 0 Å².